The normalized spacial score (nSPS) is 11.6. The fourth-order valence-corrected chi connectivity index (χ4v) is 6.00. The van der Waals surface area contributed by atoms with Gasteiger partial charge in [0.05, 0.1) is 17.2 Å². The van der Waals surface area contributed by atoms with Gasteiger partial charge in [0.2, 0.25) is 0 Å². The van der Waals surface area contributed by atoms with Crippen LogP contribution in [-0.2, 0) is 0 Å². The van der Waals surface area contributed by atoms with Gasteiger partial charge in [0, 0.05) is 22.7 Å². The topological polar surface area (TPSA) is 17.8 Å². The fraction of sp³-hybridized carbons (Fsp3) is 0. The smallest absolute Gasteiger partial charge is 0.0724 e. The van der Waals surface area contributed by atoms with E-state index in [1.54, 1.807) is 0 Å². The molecule has 2 heteroatoms. The van der Waals surface area contributed by atoms with E-state index in [4.69, 9.17) is 0 Å². The highest BCUT2D eigenvalue weighted by atomic mass is 15.0. The lowest BCUT2D eigenvalue weighted by molar-refractivity contribution is 1.17. The first-order valence-electron chi connectivity index (χ1n) is 13.3. The third kappa shape index (κ3) is 3.53. The Bertz CT molecular complexity index is 2170. The molecule has 0 saturated carbocycles. The SMILES string of the molecule is c1ccc(-c2cc(-c3cccc4ccccc34)cc(-n3c4cnccc4c4cc5ccccc5cc43)c2)cc1. The second kappa shape index (κ2) is 8.68. The third-order valence-electron chi connectivity index (χ3n) is 7.82. The van der Waals surface area contributed by atoms with Crippen molar-refractivity contribution in [1.82, 2.24) is 9.55 Å². The molecule has 0 saturated heterocycles. The largest absolute Gasteiger partial charge is 0.308 e. The molecule has 0 fully saturated rings. The van der Waals surface area contributed by atoms with E-state index < -0.39 is 0 Å². The molecule has 0 spiro atoms. The summed E-state index contributed by atoms with van der Waals surface area (Å²) >= 11 is 0. The second-order valence-electron chi connectivity index (χ2n) is 10.1. The third-order valence-corrected chi connectivity index (χ3v) is 7.82. The Morgan fingerprint density at radius 3 is 2.03 bits per heavy atom. The highest BCUT2D eigenvalue weighted by molar-refractivity contribution is 6.13. The van der Waals surface area contributed by atoms with Gasteiger partial charge >= 0.3 is 0 Å². The lowest BCUT2D eigenvalue weighted by Crippen LogP contribution is -1.96. The van der Waals surface area contributed by atoms with Gasteiger partial charge in [-0.15, -0.1) is 0 Å². The molecule has 0 radical (unpaired) electrons. The number of pyridine rings is 1. The molecule has 0 atom stereocenters. The predicted octanol–water partition coefficient (Wildman–Crippen LogP) is 9.82. The molecule has 2 nitrogen and oxygen atoms in total. The predicted molar refractivity (Wildman–Crippen MR) is 164 cm³/mol. The molecule has 0 amide bonds. The number of hydrogen-bond donors (Lipinski definition) is 0. The van der Waals surface area contributed by atoms with E-state index in [1.165, 1.54) is 60.1 Å². The zero-order valence-corrected chi connectivity index (χ0v) is 21.3. The van der Waals surface area contributed by atoms with Gasteiger partial charge in [0.15, 0.2) is 0 Å². The molecule has 2 aromatic heterocycles. The molecule has 0 unspecified atom stereocenters. The highest BCUT2D eigenvalue weighted by Crippen LogP contribution is 2.38. The summed E-state index contributed by atoms with van der Waals surface area (Å²) in [6, 6.07) is 48.2. The average molecular weight is 497 g/mol. The minimum atomic E-state index is 1.11. The van der Waals surface area contributed by atoms with Crippen LogP contribution in [0.25, 0.3) is 71.3 Å². The van der Waals surface area contributed by atoms with Crippen LogP contribution >= 0.6 is 0 Å². The summed E-state index contributed by atoms with van der Waals surface area (Å²) in [7, 11) is 0. The summed E-state index contributed by atoms with van der Waals surface area (Å²) in [4.78, 5) is 4.55. The van der Waals surface area contributed by atoms with Crippen molar-refractivity contribution in [2.24, 2.45) is 0 Å². The van der Waals surface area contributed by atoms with Crippen molar-refractivity contribution in [2.75, 3.05) is 0 Å². The van der Waals surface area contributed by atoms with Crippen LogP contribution in [-0.4, -0.2) is 9.55 Å². The second-order valence-corrected chi connectivity index (χ2v) is 10.1. The van der Waals surface area contributed by atoms with Crippen molar-refractivity contribution in [1.29, 1.82) is 0 Å². The van der Waals surface area contributed by atoms with Gasteiger partial charge in [0.1, 0.15) is 0 Å². The molecular weight excluding hydrogens is 472 g/mol. The number of benzene rings is 6. The van der Waals surface area contributed by atoms with E-state index in [0.717, 1.165) is 11.2 Å². The van der Waals surface area contributed by atoms with Gasteiger partial charge in [-0.25, -0.2) is 0 Å². The summed E-state index contributed by atoms with van der Waals surface area (Å²) in [5, 5.41) is 7.43. The van der Waals surface area contributed by atoms with Gasteiger partial charge in [-0.2, -0.15) is 0 Å². The molecule has 0 aliphatic carbocycles. The summed E-state index contributed by atoms with van der Waals surface area (Å²) in [6.07, 6.45) is 3.88. The van der Waals surface area contributed by atoms with Crippen molar-refractivity contribution in [2.45, 2.75) is 0 Å². The van der Waals surface area contributed by atoms with Crippen molar-refractivity contribution >= 4 is 43.4 Å². The number of hydrogen-bond acceptors (Lipinski definition) is 1. The molecule has 182 valence electrons. The summed E-state index contributed by atoms with van der Waals surface area (Å²) < 4.78 is 2.38. The maximum Gasteiger partial charge on any atom is 0.0724 e. The number of nitrogens with zero attached hydrogens (tertiary/aromatic N) is 2. The van der Waals surface area contributed by atoms with Crippen LogP contribution < -0.4 is 0 Å². The maximum absolute atomic E-state index is 4.55. The number of rotatable bonds is 3. The zero-order valence-electron chi connectivity index (χ0n) is 21.3. The molecule has 2 heterocycles. The van der Waals surface area contributed by atoms with Crippen LogP contribution in [0.3, 0.4) is 0 Å². The highest BCUT2D eigenvalue weighted by Gasteiger charge is 2.16. The van der Waals surface area contributed by atoms with Crippen LogP contribution in [0, 0.1) is 0 Å². The van der Waals surface area contributed by atoms with Crippen LogP contribution in [0.15, 0.2) is 146 Å². The summed E-state index contributed by atoms with van der Waals surface area (Å²) in [6.45, 7) is 0. The van der Waals surface area contributed by atoms with E-state index in [1.807, 2.05) is 12.4 Å². The Labute approximate surface area is 226 Å². The molecule has 39 heavy (non-hydrogen) atoms. The lowest BCUT2D eigenvalue weighted by Gasteiger charge is -2.15. The van der Waals surface area contributed by atoms with Gasteiger partial charge in [-0.1, -0.05) is 97.1 Å². The molecule has 8 rings (SSSR count). The van der Waals surface area contributed by atoms with Crippen molar-refractivity contribution in [3.05, 3.63) is 146 Å². The summed E-state index contributed by atoms with van der Waals surface area (Å²) in [5.41, 5.74) is 8.24. The first kappa shape index (κ1) is 21.8. The van der Waals surface area contributed by atoms with Crippen molar-refractivity contribution < 1.29 is 0 Å². The van der Waals surface area contributed by atoms with E-state index >= 15 is 0 Å². The molecule has 0 N–H and O–H groups in total. The Morgan fingerprint density at radius 1 is 0.436 bits per heavy atom. The van der Waals surface area contributed by atoms with Crippen LogP contribution in [0.2, 0.25) is 0 Å². The standard InChI is InChI=1S/C37H24N2/c1-2-9-25(10-3-1)29-19-30(33-16-8-14-26-11-6-7-15-32(26)33)21-31(20-29)39-36-23-28-13-5-4-12-27(28)22-35(36)34-17-18-38-24-37(34)39/h1-24H. The monoisotopic (exact) mass is 496 g/mol. The maximum atomic E-state index is 4.55. The Morgan fingerprint density at radius 2 is 1.15 bits per heavy atom. The molecule has 6 aromatic carbocycles. The average Bonchev–Trinajstić information content (AvgIpc) is 3.33. The number of fused-ring (bicyclic) bond motifs is 5. The molecule has 8 aromatic rings. The molecule has 0 bridgehead atoms. The van der Waals surface area contributed by atoms with E-state index in [-0.39, 0.29) is 0 Å². The first-order valence-corrected chi connectivity index (χ1v) is 13.3. The van der Waals surface area contributed by atoms with Gasteiger partial charge < -0.3 is 4.57 Å². The van der Waals surface area contributed by atoms with Crippen molar-refractivity contribution in [3.63, 3.8) is 0 Å². The van der Waals surface area contributed by atoms with E-state index in [9.17, 15) is 0 Å². The van der Waals surface area contributed by atoms with Gasteiger partial charge in [-0.05, 0) is 80.2 Å². The first-order chi connectivity index (χ1) is 19.3. The Hall–Kier alpha value is -5.21. The lowest BCUT2D eigenvalue weighted by atomic mass is 9.94. The van der Waals surface area contributed by atoms with Crippen LogP contribution in [0.1, 0.15) is 0 Å². The molecule has 0 aliphatic rings. The summed E-state index contributed by atoms with van der Waals surface area (Å²) in [5.74, 6) is 0. The van der Waals surface area contributed by atoms with Gasteiger partial charge in [-0.3, -0.25) is 4.98 Å². The quantitative estimate of drug-likeness (QED) is 0.238. The Balaban J connectivity index is 1.49. The minimum Gasteiger partial charge on any atom is -0.308 e. The van der Waals surface area contributed by atoms with Crippen LogP contribution in [0.5, 0.6) is 0 Å². The van der Waals surface area contributed by atoms with E-state index in [2.05, 4.69) is 143 Å². The minimum absolute atomic E-state index is 1.11. The van der Waals surface area contributed by atoms with Gasteiger partial charge in [0.25, 0.3) is 0 Å². The van der Waals surface area contributed by atoms with Crippen LogP contribution in [0.4, 0.5) is 0 Å². The molecular formula is C37H24N2. The zero-order chi connectivity index (χ0) is 25.8. The van der Waals surface area contributed by atoms with E-state index in [0.29, 0.717) is 0 Å². The Kier molecular flexibility index (Phi) is 4.86. The fourth-order valence-electron chi connectivity index (χ4n) is 6.00. The van der Waals surface area contributed by atoms with Crippen molar-refractivity contribution in [3.8, 4) is 27.9 Å². The molecule has 0 aliphatic heterocycles. The number of aromatic nitrogens is 2.